The maximum atomic E-state index is 4.41. The normalized spacial score (nSPS) is 10.9. The highest BCUT2D eigenvalue weighted by molar-refractivity contribution is 9.10. The SMILES string of the molecule is CNCc1cnn(Cc2sccc2Br)c1C. The van der Waals surface area contributed by atoms with Gasteiger partial charge in [0.25, 0.3) is 0 Å². The molecule has 2 aromatic heterocycles. The Morgan fingerprint density at radius 2 is 2.38 bits per heavy atom. The highest BCUT2D eigenvalue weighted by atomic mass is 79.9. The quantitative estimate of drug-likeness (QED) is 0.941. The van der Waals surface area contributed by atoms with Crippen LogP contribution in [0.4, 0.5) is 0 Å². The Morgan fingerprint density at radius 3 is 3.00 bits per heavy atom. The molecular weight excluding hydrogens is 286 g/mol. The van der Waals surface area contributed by atoms with Crippen molar-refractivity contribution >= 4 is 27.3 Å². The molecule has 0 amide bonds. The van der Waals surface area contributed by atoms with Crippen molar-refractivity contribution in [2.75, 3.05) is 7.05 Å². The third-order valence-electron chi connectivity index (χ3n) is 2.56. The maximum absolute atomic E-state index is 4.41. The molecular formula is C11H14BrN3S. The van der Waals surface area contributed by atoms with Gasteiger partial charge in [0.2, 0.25) is 0 Å². The number of aromatic nitrogens is 2. The molecule has 1 N–H and O–H groups in total. The van der Waals surface area contributed by atoms with E-state index in [0.717, 1.165) is 13.1 Å². The van der Waals surface area contributed by atoms with Gasteiger partial charge < -0.3 is 5.32 Å². The number of halogens is 1. The van der Waals surface area contributed by atoms with Crippen molar-refractivity contribution in [2.45, 2.75) is 20.0 Å². The van der Waals surface area contributed by atoms with Crippen molar-refractivity contribution in [1.82, 2.24) is 15.1 Å². The predicted octanol–water partition coefficient (Wildman–Crippen LogP) is 2.78. The van der Waals surface area contributed by atoms with Gasteiger partial charge in [-0.2, -0.15) is 5.10 Å². The third-order valence-corrected chi connectivity index (χ3v) is 4.47. The lowest BCUT2D eigenvalue weighted by Crippen LogP contribution is -2.07. The Hall–Kier alpha value is -0.650. The smallest absolute Gasteiger partial charge is 0.0766 e. The summed E-state index contributed by atoms with van der Waals surface area (Å²) in [7, 11) is 1.95. The zero-order valence-electron chi connectivity index (χ0n) is 9.33. The fourth-order valence-corrected chi connectivity index (χ4v) is 3.04. The minimum absolute atomic E-state index is 0.841. The van der Waals surface area contributed by atoms with E-state index in [4.69, 9.17) is 0 Å². The lowest BCUT2D eigenvalue weighted by Gasteiger charge is -2.04. The monoisotopic (exact) mass is 299 g/mol. The van der Waals surface area contributed by atoms with E-state index in [9.17, 15) is 0 Å². The summed E-state index contributed by atoms with van der Waals surface area (Å²) < 4.78 is 3.21. The summed E-state index contributed by atoms with van der Waals surface area (Å²) in [6, 6.07) is 2.08. The molecule has 86 valence electrons. The molecule has 0 bridgehead atoms. The Kier molecular flexibility index (Phi) is 3.78. The minimum Gasteiger partial charge on any atom is -0.316 e. The van der Waals surface area contributed by atoms with Gasteiger partial charge in [-0.1, -0.05) is 0 Å². The molecule has 0 aliphatic heterocycles. The maximum Gasteiger partial charge on any atom is 0.0766 e. The topological polar surface area (TPSA) is 29.9 Å². The molecule has 2 aromatic rings. The van der Waals surface area contributed by atoms with Crippen LogP contribution in [-0.2, 0) is 13.1 Å². The van der Waals surface area contributed by atoms with Crippen LogP contribution < -0.4 is 5.32 Å². The Labute approximate surface area is 108 Å². The van der Waals surface area contributed by atoms with E-state index in [1.54, 1.807) is 11.3 Å². The zero-order chi connectivity index (χ0) is 11.5. The fraction of sp³-hybridized carbons (Fsp3) is 0.364. The molecule has 3 nitrogen and oxygen atoms in total. The van der Waals surface area contributed by atoms with Crippen LogP contribution in [0.15, 0.2) is 22.1 Å². The second-order valence-corrected chi connectivity index (χ2v) is 5.49. The fourth-order valence-electron chi connectivity index (χ4n) is 1.58. The standard InChI is InChI=1S/C11H14BrN3S/c1-8-9(5-13-2)6-14-15(8)7-11-10(12)3-4-16-11/h3-4,6,13H,5,7H2,1-2H3. The summed E-state index contributed by atoms with van der Waals surface area (Å²) in [5.74, 6) is 0. The first kappa shape index (κ1) is 11.8. The number of hydrogen-bond donors (Lipinski definition) is 1. The molecule has 0 aliphatic rings. The highest BCUT2D eigenvalue weighted by Crippen LogP contribution is 2.24. The Morgan fingerprint density at radius 1 is 1.56 bits per heavy atom. The van der Waals surface area contributed by atoms with Crippen molar-refractivity contribution in [3.63, 3.8) is 0 Å². The molecule has 0 atom stereocenters. The predicted molar refractivity (Wildman–Crippen MR) is 70.8 cm³/mol. The molecule has 0 spiro atoms. The van der Waals surface area contributed by atoms with Crippen LogP contribution in [0.2, 0.25) is 0 Å². The lowest BCUT2D eigenvalue weighted by atomic mass is 10.2. The van der Waals surface area contributed by atoms with Gasteiger partial charge in [0.1, 0.15) is 0 Å². The van der Waals surface area contributed by atoms with Crippen LogP contribution in [0.5, 0.6) is 0 Å². The summed E-state index contributed by atoms with van der Waals surface area (Å²) in [6.07, 6.45) is 1.94. The molecule has 0 saturated heterocycles. The number of nitrogens with one attached hydrogen (secondary N) is 1. The lowest BCUT2D eigenvalue weighted by molar-refractivity contribution is 0.667. The third kappa shape index (κ3) is 2.36. The van der Waals surface area contributed by atoms with E-state index >= 15 is 0 Å². The second kappa shape index (κ2) is 5.12. The zero-order valence-corrected chi connectivity index (χ0v) is 11.7. The summed E-state index contributed by atoms with van der Waals surface area (Å²) in [5.41, 5.74) is 2.49. The molecule has 2 heterocycles. The largest absolute Gasteiger partial charge is 0.316 e. The first-order valence-corrected chi connectivity index (χ1v) is 6.77. The Bertz CT molecular complexity index is 475. The summed E-state index contributed by atoms with van der Waals surface area (Å²) in [5, 5.41) is 9.65. The molecule has 16 heavy (non-hydrogen) atoms. The first-order chi connectivity index (χ1) is 7.72. The van der Waals surface area contributed by atoms with Gasteiger partial charge in [0.15, 0.2) is 0 Å². The molecule has 0 saturated carbocycles. The van der Waals surface area contributed by atoms with Gasteiger partial charge >= 0.3 is 0 Å². The molecule has 0 unspecified atom stereocenters. The van der Waals surface area contributed by atoms with Crippen LogP contribution in [0.1, 0.15) is 16.1 Å². The van der Waals surface area contributed by atoms with E-state index in [-0.39, 0.29) is 0 Å². The van der Waals surface area contributed by atoms with Crippen LogP contribution in [0, 0.1) is 6.92 Å². The van der Waals surface area contributed by atoms with Crippen molar-refractivity contribution in [1.29, 1.82) is 0 Å². The van der Waals surface area contributed by atoms with Crippen molar-refractivity contribution in [2.24, 2.45) is 0 Å². The van der Waals surface area contributed by atoms with E-state index in [1.165, 1.54) is 20.6 Å². The molecule has 5 heteroatoms. The molecule has 0 radical (unpaired) electrons. The minimum atomic E-state index is 0.841. The van der Waals surface area contributed by atoms with Gasteiger partial charge in [-0.15, -0.1) is 11.3 Å². The average Bonchev–Trinajstić information content (AvgIpc) is 2.80. The van der Waals surface area contributed by atoms with Crippen molar-refractivity contribution in [3.8, 4) is 0 Å². The average molecular weight is 300 g/mol. The van der Waals surface area contributed by atoms with Crippen LogP contribution in [-0.4, -0.2) is 16.8 Å². The number of hydrogen-bond acceptors (Lipinski definition) is 3. The van der Waals surface area contributed by atoms with Crippen molar-refractivity contribution in [3.05, 3.63) is 38.3 Å². The van der Waals surface area contributed by atoms with Gasteiger partial charge in [0, 0.05) is 27.2 Å². The molecule has 0 aromatic carbocycles. The van der Waals surface area contributed by atoms with E-state index < -0.39 is 0 Å². The van der Waals surface area contributed by atoms with Crippen LogP contribution >= 0.6 is 27.3 Å². The summed E-state index contributed by atoms with van der Waals surface area (Å²) >= 11 is 5.30. The Balaban J connectivity index is 2.19. The number of rotatable bonds is 4. The summed E-state index contributed by atoms with van der Waals surface area (Å²) in [4.78, 5) is 1.31. The van der Waals surface area contributed by atoms with Gasteiger partial charge in [-0.05, 0) is 41.3 Å². The van der Waals surface area contributed by atoms with E-state index in [2.05, 4.69) is 44.7 Å². The highest BCUT2D eigenvalue weighted by Gasteiger charge is 2.08. The summed E-state index contributed by atoms with van der Waals surface area (Å²) in [6.45, 7) is 3.83. The molecule has 2 rings (SSSR count). The van der Waals surface area contributed by atoms with Crippen LogP contribution in [0.25, 0.3) is 0 Å². The van der Waals surface area contributed by atoms with E-state index in [0.29, 0.717) is 0 Å². The van der Waals surface area contributed by atoms with Gasteiger partial charge in [0.05, 0.1) is 12.7 Å². The number of thiophene rings is 1. The molecule has 0 aliphatic carbocycles. The van der Waals surface area contributed by atoms with Gasteiger partial charge in [-0.25, -0.2) is 0 Å². The first-order valence-electron chi connectivity index (χ1n) is 5.10. The number of nitrogens with zero attached hydrogens (tertiary/aromatic N) is 2. The molecule has 0 fully saturated rings. The van der Waals surface area contributed by atoms with Crippen LogP contribution in [0.3, 0.4) is 0 Å². The van der Waals surface area contributed by atoms with Crippen molar-refractivity contribution < 1.29 is 0 Å². The van der Waals surface area contributed by atoms with Gasteiger partial charge in [-0.3, -0.25) is 4.68 Å². The second-order valence-electron chi connectivity index (χ2n) is 3.63. The van der Waals surface area contributed by atoms with E-state index in [1.807, 2.05) is 17.9 Å².